The van der Waals surface area contributed by atoms with Crippen LogP contribution >= 0.6 is 0 Å². The topological polar surface area (TPSA) is 68.5 Å². The highest BCUT2D eigenvalue weighted by molar-refractivity contribution is 5.68. The van der Waals surface area contributed by atoms with Gasteiger partial charge in [0.15, 0.2) is 5.82 Å². The second-order valence-electron chi connectivity index (χ2n) is 7.25. The highest BCUT2D eigenvalue weighted by Crippen LogP contribution is 2.33. The Hall–Kier alpha value is -3.75. The van der Waals surface area contributed by atoms with E-state index in [1.54, 1.807) is 30.3 Å². The van der Waals surface area contributed by atoms with E-state index in [0.717, 1.165) is 40.8 Å². The summed E-state index contributed by atoms with van der Waals surface area (Å²) in [5.41, 5.74) is 4.46. The number of para-hydroxylation sites is 1. The van der Waals surface area contributed by atoms with Crippen molar-refractivity contribution in [1.29, 1.82) is 0 Å². The lowest BCUT2D eigenvalue weighted by molar-refractivity contribution is -0.144. The minimum absolute atomic E-state index is 0.0817. The summed E-state index contributed by atoms with van der Waals surface area (Å²) in [6, 6.07) is 18.5. The maximum Gasteiger partial charge on any atom is 0.453 e. The molecule has 0 saturated heterocycles. The molecule has 0 fully saturated rings. The zero-order valence-corrected chi connectivity index (χ0v) is 16.3. The summed E-state index contributed by atoms with van der Waals surface area (Å²) in [6.45, 7) is 0. The summed E-state index contributed by atoms with van der Waals surface area (Å²) < 4.78 is 41.0. The van der Waals surface area contributed by atoms with Crippen molar-refractivity contribution in [2.24, 2.45) is 0 Å². The molecule has 0 aliphatic heterocycles. The Kier molecular flexibility index (Phi) is 4.65. The quantitative estimate of drug-likeness (QED) is 0.505. The van der Waals surface area contributed by atoms with E-state index in [1.807, 2.05) is 24.3 Å². The Morgan fingerprint density at radius 1 is 0.871 bits per heavy atom. The number of rotatable bonds is 3. The van der Waals surface area contributed by atoms with Crippen LogP contribution in [-0.4, -0.2) is 25.0 Å². The fraction of sp³-hybridized carbons (Fsp3) is 0.182. The first kappa shape index (κ1) is 19.2. The lowest BCUT2D eigenvalue weighted by Gasteiger charge is -2.11. The molecule has 4 aromatic rings. The van der Waals surface area contributed by atoms with Crippen LogP contribution in [0, 0.1) is 0 Å². The van der Waals surface area contributed by atoms with Gasteiger partial charge in [0.05, 0.1) is 5.69 Å². The van der Waals surface area contributed by atoms with E-state index in [0.29, 0.717) is 5.69 Å². The molecular weight excluding hydrogens is 405 g/mol. The van der Waals surface area contributed by atoms with E-state index in [4.69, 9.17) is 0 Å². The van der Waals surface area contributed by atoms with E-state index in [9.17, 15) is 13.2 Å². The highest BCUT2D eigenvalue weighted by Gasteiger charge is 2.37. The number of hydrogen-bond acceptors (Lipinski definition) is 5. The van der Waals surface area contributed by atoms with Gasteiger partial charge in [-0.1, -0.05) is 42.5 Å². The molecule has 0 amide bonds. The molecule has 0 radical (unpaired) electrons. The number of fused-ring (bicyclic) bond motifs is 3. The first-order valence-electron chi connectivity index (χ1n) is 9.80. The predicted molar refractivity (Wildman–Crippen MR) is 109 cm³/mol. The average Bonchev–Trinajstić information content (AvgIpc) is 3.10. The monoisotopic (exact) mass is 422 g/mol. The molecular formula is C22H17F3N6. The van der Waals surface area contributed by atoms with Crippen LogP contribution in [0.4, 0.5) is 24.8 Å². The van der Waals surface area contributed by atoms with E-state index in [2.05, 4.69) is 31.7 Å². The van der Waals surface area contributed by atoms with Gasteiger partial charge in [-0.15, -0.1) is 15.3 Å². The molecule has 2 aromatic carbocycles. The third-order valence-corrected chi connectivity index (χ3v) is 5.13. The first-order chi connectivity index (χ1) is 15.0. The number of benzene rings is 2. The van der Waals surface area contributed by atoms with Gasteiger partial charge >= 0.3 is 6.18 Å². The van der Waals surface area contributed by atoms with Crippen molar-refractivity contribution < 1.29 is 13.2 Å². The maximum atomic E-state index is 13.3. The van der Waals surface area contributed by atoms with Crippen LogP contribution in [0.2, 0.25) is 0 Å². The van der Waals surface area contributed by atoms with Gasteiger partial charge in [-0.3, -0.25) is 0 Å². The van der Waals surface area contributed by atoms with Crippen LogP contribution < -0.4 is 5.32 Å². The van der Waals surface area contributed by atoms with Gasteiger partial charge in [0.1, 0.15) is 0 Å². The molecule has 0 unspecified atom stereocenters. The molecule has 2 aromatic heterocycles. The molecule has 0 atom stereocenters. The fourth-order valence-electron chi connectivity index (χ4n) is 3.70. The van der Waals surface area contributed by atoms with Crippen molar-refractivity contribution in [1.82, 2.24) is 25.0 Å². The zero-order chi connectivity index (χ0) is 21.4. The fourth-order valence-corrected chi connectivity index (χ4v) is 3.70. The van der Waals surface area contributed by atoms with Crippen LogP contribution in [0.15, 0.2) is 60.7 Å². The van der Waals surface area contributed by atoms with Gasteiger partial charge in [0.25, 0.3) is 5.82 Å². The molecule has 1 aliphatic carbocycles. The summed E-state index contributed by atoms with van der Waals surface area (Å²) in [5.74, 6) is -1.14. The molecule has 0 spiro atoms. The number of nitrogens with one attached hydrogen (secondary N) is 1. The first-order valence-corrected chi connectivity index (χ1v) is 9.80. The number of aryl methyl sites for hydroxylation is 2. The number of nitrogens with zero attached hydrogens (tertiary/aromatic N) is 5. The van der Waals surface area contributed by atoms with Crippen LogP contribution in [0.1, 0.15) is 23.4 Å². The van der Waals surface area contributed by atoms with Crippen molar-refractivity contribution in [3.05, 3.63) is 77.6 Å². The minimum Gasteiger partial charge on any atom is -0.324 e. The number of alkyl halides is 3. The molecule has 5 rings (SSSR count). The molecule has 31 heavy (non-hydrogen) atoms. The SMILES string of the molecule is FC(F)(F)c1nc(Nc2ccccc2)n(-c2cc3c(nn2)-c2ccccc2CCC3)n1. The van der Waals surface area contributed by atoms with E-state index in [1.165, 1.54) is 5.56 Å². The lowest BCUT2D eigenvalue weighted by Crippen LogP contribution is -2.10. The predicted octanol–water partition coefficient (Wildman–Crippen LogP) is 4.98. The zero-order valence-electron chi connectivity index (χ0n) is 16.3. The van der Waals surface area contributed by atoms with Gasteiger partial charge in [-0.2, -0.15) is 22.8 Å². The summed E-state index contributed by atoms with van der Waals surface area (Å²) >= 11 is 0. The van der Waals surface area contributed by atoms with Crippen LogP contribution in [0.25, 0.3) is 17.1 Å². The summed E-state index contributed by atoms with van der Waals surface area (Å²) in [5, 5.41) is 15.1. The van der Waals surface area contributed by atoms with Crippen molar-refractivity contribution in [3.63, 3.8) is 0 Å². The van der Waals surface area contributed by atoms with E-state index in [-0.39, 0.29) is 11.8 Å². The Bertz CT molecular complexity index is 1230. The largest absolute Gasteiger partial charge is 0.453 e. The van der Waals surface area contributed by atoms with Crippen LogP contribution in [0.5, 0.6) is 0 Å². The summed E-state index contributed by atoms with van der Waals surface area (Å²) in [7, 11) is 0. The van der Waals surface area contributed by atoms with Crippen molar-refractivity contribution in [2.45, 2.75) is 25.4 Å². The summed E-state index contributed by atoms with van der Waals surface area (Å²) in [6.07, 6.45) is -2.12. The molecule has 6 nitrogen and oxygen atoms in total. The average molecular weight is 422 g/mol. The number of anilines is 2. The third-order valence-electron chi connectivity index (χ3n) is 5.13. The smallest absolute Gasteiger partial charge is 0.324 e. The van der Waals surface area contributed by atoms with Crippen molar-refractivity contribution in [2.75, 3.05) is 5.32 Å². The summed E-state index contributed by atoms with van der Waals surface area (Å²) in [4.78, 5) is 3.67. The molecule has 0 bridgehead atoms. The van der Waals surface area contributed by atoms with Gasteiger partial charge in [0, 0.05) is 11.3 Å². The second-order valence-corrected chi connectivity index (χ2v) is 7.25. The Morgan fingerprint density at radius 3 is 2.42 bits per heavy atom. The van der Waals surface area contributed by atoms with Gasteiger partial charge in [-0.25, -0.2) is 0 Å². The van der Waals surface area contributed by atoms with Crippen LogP contribution in [0.3, 0.4) is 0 Å². The molecule has 0 saturated carbocycles. The highest BCUT2D eigenvalue weighted by atomic mass is 19.4. The molecule has 9 heteroatoms. The normalized spacial score (nSPS) is 13.3. The van der Waals surface area contributed by atoms with Gasteiger partial charge in [0.2, 0.25) is 5.95 Å². The van der Waals surface area contributed by atoms with Crippen LogP contribution in [-0.2, 0) is 19.0 Å². The Balaban J connectivity index is 1.60. The standard InChI is InChI=1S/C22H17F3N6/c23-22(24,25)20-27-21(26-16-10-2-1-3-11-16)31(30-20)18-13-15-9-6-8-14-7-4-5-12-17(14)19(15)29-28-18/h1-5,7,10-13H,6,8-9H2,(H,26,27,30). The Labute approximate surface area is 175 Å². The minimum atomic E-state index is -4.68. The third kappa shape index (κ3) is 3.74. The Morgan fingerprint density at radius 2 is 1.61 bits per heavy atom. The number of aromatic nitrogens is 5. The van der Waals surface area contributed by atoms with E-state index >= 15 is 0 Å². The molecule has 1 aliphatic rings. The molecule has 156 valence electrons. The number of hydrogen-bond donors (Lipinski definition) is 1. The van der Waals surface area contributed by atoms with Gasteiger partial charge in [-0.05, 0) is 48.6 Å². The number of halogens is 3. The van der Waals surface area contributed by atoms with Crippen molar-refractivity contribution >= 4 is 11.6 Å². The van der Waals surface area contributed by atoms with Crippen molar-refractivity contribution in [3.8, 4) is 17.1 Å². The lowest BCUT2D eigenvalue weighted by atomic mass is 10.0. The maximum absolute atomic E-state index is 13.3. The molecule has 2 heterocycles. The van der Waals surface area contributed by atoms with Gasteiger partial charge < -0.3 is 5.32 Å². The second kappa shape index (κ2) is 7.50. The van der Waals surface area contributed by atoms with E-state index < -0.39 is 12.0 Å². The molecule has 1 N–H and O–H groups in total.